The zero-order valence-corrected chi connectivity index (χ0v) is 15.8. The van der Waals surface area contributed by atoms with Crippen molar-refractivity contribution in [2.45, 2.75) is 19.5 Å². The van der Waals surface area contributed by atoms with Crippen molar-refractivity contribution < 1.29 is 9.59 Å². The third-order valence-electron chi connectivity index (χ3n) is 4.29. The lowest BCUT2D eigenvalue weighted by molar-refractivity contribution is -0.133. The van der Waals surface area contributed by atoms with Crippen molar-refractivity contribution in [2.24, 2.45) is 5.73 Å². The van der Waals surface area contributed by atoms with Gasteiger partial charge in [-0.25, -0.2) is 4.98 Å². The summed E-state index contributed by atoms with van der Waals surface area (Å²) in [5, 5.41) is 0.761. The molecule has 1 heterocycles. The fourth-order valence-electron chi connectivity index (χ4n) is 2.83. The largest absolute Gasteiger partial charge is 0.370 e. The fourth-order valence-corrected chi connectivity index (χ4v) is 3.00. The van der Waals surface area contributed by atoms with Crippen LogP contribution in [0.1, 0.15) is 12.0 Å². The first kappa shape index (κ1) is 19.6. The first-order valence-electron chi connectivity index (χ1n) is 8.69. The van der Waals surface area contributed by atoms with Crippen molar-refractivity contribution in [3.63, 3.8) is 0 Å². The van der Waals surface area contributed by atoms with Crippen molar-refractivity contribution in [3.05, 3.63) is 75.8 Å². The topological polar surface area (TPSA) is 98.3 Å². The van der Waals surface area contributed by atoms with E-state index in [1.54, 1.807) is 12.1 Å². The molecule has 0 aliphatic carbocycles. The third kappa shape index (κ3) is 4.75. The van der Waals surface area contributed by atoms with E-state index in [0.717, 1.165) is 5.56 Å². The second kappa shape index (κ2) is 8.67. The van der Waals surface area contributed by atoms with E-state index in [-0.39, 0.29) is 31.0 Å². The summed E-state index contributed by atoms with van der Waals surface area (Å²) in [5.41, 5.74) is 6.30. The number of fused-ring (bicyclic) bond motifs is 1. The summed E-state index contributed by atoms with van der Waals surface area (Å²) >= 11 is 5.97. The summed E-state index contributed by atoms with van der Waals surface area (Å²) in [4.78, 5) is 42.4. The van der Waals surface area contributed by atoms with Crippen LogP contribution >= 0.6 is 11.6 Å². The smallest absolute Gasteiger partial charge is 0.261 e. The normalized spacial score (nSPS) is 10.8. The van der Waals surface area contributed by atoms with Crippen LogP contribution in [-0.4, -0.2) is 32.8 Å². The highest BCUT2D eigenvalue weighted by Crippen LogP contribution is 2.14. The van der Waals surface area contributed by atoms with Gasteiger partial charge in [0.1, 0.15) is 6.54 Å². The van der Waals surface area contributed by atoms with Crippen LogP contribution in [0.3, 0.4) is 0 Å². The van der Waals surface area contributed by atoms with Crippen molar-refractivity contribution in [1.82, 2.24) is 14.5 Å². The molecule has 0 bridgehead atoms. The molecule has 0 saturated carbocycles. The van der Waals surface area contributed by atoms with E-state index < -0.39 is 5.91 Å². The maximum atomic E-state index is 12.8. The van der Waals surface area contributed by atoms with Crippen LogP contribution in [-0.2, 0) is 22.7 Å². The Hall–Kier alpha value is -3.19. The van der Waals surface area contributed by atoms with Gasteiger partial charge in [-0.15, -0.1) is 0 Å². The summed E-state index contributed by atoms with van der Waals surface area (Å²) in [6, 6.07) is 14.2. The standard InChI is InChI=1S/C20H19ClN4O3/c21-15-6-7-17-16(10-15)20(28)25(13-23-17)12-19(27)24(9-8-18(22)26)11-14-4-2-1-3-5-14/h1-7,10,13H,8-9,11-12H2,(H2,22,26). The maximum absolute atomic E-state index is 12.8. The Kier molecular flexibility index (Phi) is 6.06. The Morgan fingerprint density at radius 1 is 1.14 bits per heavy atom. The van der Waals surface area contributed by atoms with Crippen LogP contribution in [0.5, 0.6) is 0 Å². The first-order chi connectivity index (χ1) is 13.4. The highest BCUT2D eigenvalue weighted by atomic mass is 35.5. The fraction of sp³-hybridized carbons (Fsp3) is 0.200. The average Bonchev–Trinajstić information content (AvgIpc) is 2.68. The van der Waals surface area contributed by atoms with E-state index in [4.69, 9.17) is 17.3 Å². The number of nitrogens with two attached hydrogens (primary N) is 1. The Balaban J connectivity index is 1.84. The van der Waals surface area contributed by atoms with Crippen molar-refractivity contribution in [2.75, 3.05) is 6.54 Å². The number of carbonyl (C=O) groups is 2. The minimum absolute atomic E-state index is 0.0407. The number of amides is 2. The minimum Gasteiger partial charge on any atom is -0.370 e. The number of nitrogens with zero attached hydrogens (tertiary/aromatic N) is 3. The molecule has 0 radical (unpaired) electrons. The van der Waals surface area contributed by atoms with E-state index in [1.807, 2.05) is 30.3 Å². The second-order valence-electron chi connectivity index (χ2n) is 6.36. The summed E-state index contributed by atoms with van der Waals surface area (Å²) in [6.07, 6.45) is 1.38. The van der Waals surface area contributed by atoms with E-state index in [2.05, 4.69) is 4.98 Å². The molecule has 0 fully saturated rings. The van der Waals surface area contributed by atoms with Crippen molar-refractivity contribution >= 4 is 34.3 Å². The van der Waals surface area contributed by atoms with Crippen molar-refractivity contribution in [1.29, 1.82) is 0 Å². The lowest BCUT2D eigenvalue weighted by Gasteiger charge is -2.23. The predicted octanol–water partition coefficient (Wildman–Crippen LogP) is 1.95. The second-order valence-corrected chi connectivity index (χ2v) is 6.79. The van der Waals surface area contributed by atoms with Crippen LogP contribution in [0.15, 0.2) is 59.7 Å². The highest BCUT2D eigenvalue weighted by Gasteiger charge is 2.17. The molecule has 2 aromatic carbocycles. The molecule has 3 rings (SSSR count). The van der Waals surface area contributed by atoms with E-state index in [0.29, 0.717) is 22.5 Å². The molecule has 2 N–H and O–H groups in total. The van der Waals surface area contributed by atoms with Crippen LogP contribution in [0.25, 0.3) is 10.9 Å². The molecule has 3 aromatic rings. The number of carbonyl (C=O) groups excluding carboxylic acids is 2. The lowest BCUT2D eigenvalue weighted by atomic mass is 10.2. The highest BCUT2D eigenvalue weighted by molar-refractivity contribution is 6.31. The lowest BCUT2D eigenvalue weighted by Crippen LogP contribution is -2.38. The van der Waals surface area contributed by atoms with Gasteiger partial charge in [0.2, 0.25) is 11.8 Å². The molecule has 8 heteroatoms. The molecule has 28 heavy (non-hydrogen) atoms. The molecule has 0 spiro atoms. The molecule has 1 aromatic heterocycles. The summed E-state index contributed by atoms with van der Waals surface area (Å²) in [7, 11) is 0. The van der Waals surface area contributed by atoms with Crippen LogP contribution in [0, 0.1) is 0 Å². The molecule has 2 amide bonds. The number of hydrogen-bond acceptors (Lipinski definition) is 4. The molecular formula is C20H19ClN4O3. The molecule has 144 valence electrons. The number of benzene rings is 2. The summed E-state index contributed by atoms with van der Waals surface area (Å²) in [6.45, 7) is 0.291. The average molecular weight is 399 g/mol. The zero-order chi connectivity index (χ0) is 20.1. The van der Waals surface area contributed by atoms with Crippen LogP contribution in [0.4, 0.5) is 0 Å². The van der Waals surface area contributed by atoms with E-state index in [9.17, 15) is 14.4 Å². The van der Waals surface area contributed by atoms with Gasteiger partial charge in [-0.2, -0.15) is 0 Å². The first-order valence-corrected chi connectivity index (χ1v) is 9.06. The molecular weight excluding hydrogens is 380 g/mol. The number of aromatic nitrogens is 2. The van der Waals surface area contributed by atoms with Crippen LogP contribution in [0.2, 0.25) is 5.02 Å². The minimum atomic E-state index is -0.495. The summed E-state index contributed by atoms with van der Waals surface area (Å²) in [5.74, 6) is -0.805. The van der Waals surface area contributed by atoms with Crippen molar-refractivity contribution in [3.8, 4) is 0 Å². The third-order valence-corrected chi connectivity index (χ3v) is 4.52. The van der Waals surface area contributed by atoms with Gasteiger partial charge in [-0.3, -0.25) is 19.0 Å². The van der Waals surface area contributed by atoms with Gasteiger partial charge in [0.15, 0.2) is 0 Å². The Morgan fingerprint density at radius 2 is 1.89 bits per heavy atom. The van der Waals surface area contributed by atoms with Gasteiger partial charge in [0.05, 0.1) is 17.2 Å². The summed E-state index contributed by atoms with van der Waals surface area (Å²) < 4.78 is 1.24. The number of halogens is 1. The Labute approximate surface area is 166 Å². The number of hydrogen-bond donors (Lipinski definition) is 1. The Morgan fingerprint density at radius 3 is 2.61 bits per heavy atom. The van der Waals surface area contributed by atoms with E-state index >= 15 is 0 Å². The molecule has 0 saturated heterocycles. The molecule has 0 atom stereocenters. The quantitative estimate of drug-likeness (QED) is 0.657. The maximum Gasteiger partial charge on any atom is 0.261 e. The zero-order valence-electron chi connectivity index (χ0n) is 15.0. The van der Waals surface area contributed by atoms with Gasteiger partial charge >= 0.3 is 0 Å². The van der Waals surface area contributed by atoms with Gasteiger partial charge in [-0.05, 0) is 23.8 Å². The molecule has 0 aliphatic heterocycles. The molecule has 7 nitrogen and oxygen atoms in total. The Bertz CT molecular complexity index is 1070. The number of rotatable bonds is 7. The van der Waals surface area contributed by atoms with Gasteiger partial charge in [0.25, 0.3) is 5.56 Å². The molecule has 0 aliphatic rings. The SMILES string of the molecule is NC(=O)CCN(Cc1ccccc1)C(=O)Cn1cnc2ccc(Cl)cc2c1=O. The monoisotopic (exact) mass is 398 g/mol. The van der Waals surface area contributed by atoms with Gasteiger partial charge < -0.3 is 10.6 Å². The van der Waals surface area contributed by atoms with E-state index in [1.165, 1.54) is 21.9 Å². The number of primary amides is 1. The van der Waals surface area contributed by atoms with Gasteiger partial charge in [-0.1, -0.05) is 41.9 Å². The predicted molar refractivity (Wildman–Crippen MR) is 107 cm³/mol. The molecule has 0 unspecified atom stereocenters. The van der Waals surface area contributed by atoms with Gasteiger partial charge in [0, 0.05) is 24.5 Å². The van der Waals surface area contributed by atoms with Crippen LogP contribution < -0.4 is 11.3 Å².